The molecule has 0 amide bonds. The second-order valence-corrected chi connectivity index (χ2v) is 14.9. The summed E-state index contributed by atoms with van der Waals surface area (Å²) >= 11 is 0. The zero-order valence-corrected chi connectivity index (χ0v) is 26.6. The molecule has 0 saturated carbocycles. The lowest BCUT2D eigenvalue weighted by Crippen LogP contribution is -2.25. The van der Waals surface area contributed by atoms with Crippen LogP contribution in [-0.4, -0.2) is 18.9 Å². The molecule has 3 aromatic heterocycles. The molecule has 10 rings (SSSR count). The lowest BCUT2D eigenvalue weighted by molar-refractivity contribution is 0.592. The van der Waals surface area contributed by atoms with E-state index in [0.29, 0.717) is 0 Å². The molecule has 6 heteroatoms. The summed E-state index contributed by atoms with van der Waals surface area (Å²) in [6.45, 7) is 0. The second kappa shape index (κ2) is 10.2. The van der Waals surface area contributed by atoms with Crippen molar-refractivity contribution in [2.45, 2.75) is 0 Å². The standard InChI is InChI=1S/C42H27N4OP/c47-48(28-15-3-1-4-16-28,29-17-5-2-6-18-29)39-27-34-30-19-10-13-25-37(30)45(40(34)32-21-8-7-20-31(32)39)42-44-35-23-11-9-22-33(35)41-43-36-24-12-14-26-38(36)46(41)42/h1-27H. The van der Waals surface area contributed by atoms with E-state index in [4.69, 9.17) is 9.97 Å². The number of fused-ring (bicyclic) bond motifs is 10. The molecule has 0 N–H and O–H groups in total. The molecule has 0 aliphatic heterocycles. The molecule has 0 unspecified atom stereocenters. The van der Waals surface area contributed by atoms with Crippen LogP contribution in [0.15, 0.2) is 164 Å². The molecule has 7 aromatic carbocycles. The van der Waals surface area contributed by atoms with Crippen molar-refractivity contribution in [3.05, 3.63) is 164 Å². The van der Waals surface area contributed by atoms with Gasteiger partial charge in [0.1, 0.15) is 5.65 Å². The van der Waals surface area contributed by atoms with Crippen molar-refractivity contribution in [1.82, 2.24) is 18.9 Å². The molecular formula is C42H27N4OP. The minimum Gasteiger partial charge on any atom is -0.309 e. The van der Waals surface area contributed by atoms with Crippen molar-refractivity contribution in [3.63, 3.8) is 0 Å². The van der Waals surface area contributed by atoms with Gasteiger partial charge < -0.3 is 4.57 Å². The van der Waals surface area contributed by atoms with Crippen molar-refractivity contribution in [1.29, 1.82) is 0 Å². The molecule has 0 saturated heterocycles. The zero-order chi connectivity index (χ0) is 31.8. The van der Waals surface area contributed by atoms with E-state index in [1.807, 2.05) is 91.0 Å². The Bertz CT molecular complexity index is 2880. The summed E-state index contributed by atoms with van der Waals surface area (Å²) in [6, 6.07) is 55.3. The molecule has 0 aliphatic rings. The smallest absolute Gasteiger partial charge is 0.221 e. The lowest BCUT2D eigenvalue weighted by Gasteiger charge is -2.22. The van der Waals surface area contributed by atoms with Crippen LogP contribution in [0, 0.1) is 0 Å². The molecule has 0 radical (unpaired) electrons. The Hall–Kier alpha value is -6.03. The highest BCUT2D eigenvalue weighted by atomic mass is 31.2. The van der Waals surface area contributed by atoms with Gasteiger partial charge in [-0.3, -0.25) is 8.97 Å². The third kappa shape index (κ3) is 3.71. The molecule has 10 aromatic rings. The predicted molar refractivity (Wildman–Crippen MR) is 199 cm³/mol. The van der Waals surface area contributed by atoms with Gasteiger partial charge in [-0.25, -0.2) is 9.97 Å². The van der Waals surface area contributed by atoms with Gasteiger partial charge in [0.25, 0.3) is 0 Å². The molecule has 5 nitrogen and oxygen atoms in total. The summed E-state index contributed by atoms with van der Waals surface area (Å²) in [5.74, 6) is 0.760. The molecule has 3 heterocycles. The Morgan fingerprint density at radius 1 is 0.458 bits per heavy atom. The first-order valence-corrected chi connectivity index (χ1v) is 17.8. The van der Waals surface area contributed by atoms with Gasteiger partial charge in [-0.15, -0.1) is 0 Å². The predicted octanol–water partition coefficient (Wildman–Crippen LogP) is 8.93. The van der Waals surface area contributed by atoms with E-state index in [2.05, 4.69) is 81.8 Å². The van der Waals surface area contributed by atoms with E-state index in [0.717, 1.165) is 82.0 Å². The number of hydrogen-bond donors (Lipinski definition) is 0. The average Bonchev–Trinajstić information content (AvgIpc) is 3.72. The molecule has 0 fully saturated rings. The van der Waals surface area contributed by atoms with Crippen molar-refractivity contribution in [2.24, 2.45) is 0 Å². The van der Waals surface area contributed by atoms with Gasteiger partial charge >= 0.3 is 0 Å². The number of para-hydroxylation sites is 4. The number of hydrogen-bond acceptors (Lipinski definition) is 3. The Labute approximate surface area is 275 Å². The molecule has 48 heavy (non-hydrogen) atoms. The summed E-state index contributed by atoms with van der Waals surface area (Å²) in [5, 5.41) is 7.52. The average molecular weight is 635 g/mol. The number of rotatable bonds is 4. The van der Waals surface area contributed by atoms with Crippen LogP contribution in [0.3, 0.4) is 0 Å². The first-order chi connectivity index (χ1) is 23.7. The van der Waals surface area contributed by atoms with Gasteiger partial charge in [0.15, 0.2) is 7.14 Å². The number of imidazole rings is 1. The van der Waals surface area contributed by atoms with Gasteiger partial charge in [-0.05, 0) is 41.8 Å². The van der Waals surface area contributed by atoms with Crippen molar-refractivity contribution < 1.29 is 4.57 Å². The van der Waals surface area contributed by atoms with Crippen LogP contribution in [-0.2, 0) is 4.57 Å². The third-order valence-electron chi connectivity index (χ3n) is 9.56. The number of benzene rings is 7. The van der Waals surface area contributed by atoms with Crippen LogP contribution in [0.5, 0.6) is 0 Å². The molecule has 0 spiro atoms. The van der Waals surface area contributed by atoms with E-state index in [1.165, 1.54) is 0 Å². The van der Waals surface area contributed by atoms with Crippen molar-refractivity contribution in [2.75, 3.05) is 0 Å². The summed E-state index contributed by atoms with van der Waals surface area (Å²) in [5.41, 5.74) is 5.68. The molecule has 0 aliphatic carbocycles. The number of nitrogens with zero attached hydrogens (tertiary/aromatic N) is 4. The second-order valence-electron chi connectivity index (χ2n) is 12.2. The molecular weight excluding hydrogens is 607 g/mol. The summed E-state index contributed by atoms with van der Waals surface area (Å²) in [7, 11) is -3.30. The van der Waals surface area contributed by atoms with E-state index in [1.54, 1.807) is 0 Å². The van der Waals surface area contributed by atoms with Crippen LogP contribution in [0.1, 0.15) is 0 Å². The first-order valence-electron chi connectivity index (χ1n) is 16.0. The first kappa shape index (κ1) is 27.1. The van der Waals surface area contributed by atoms with Crippen LogP contribution in [0.4, 0.5) is 0 Å². The highest BCUT2D eigenvalue weighted by molar-refractivity contribution is 7.85. The fraction of sp³-hybridized carbons (Fsp3) is 0. The fourth-order valence-corrected chi connectivity index (χ4v) is 10.3. The van der Waals surface area contributed by atoms with Gasteiger partial charge in [-0.2, -0.15) is 0 Å². The van der Waals surface area contributed by atoms with Crippen LogP contribution in [0.25, 0.3) is 66.1 Å². The minimum atomic E-state index is -3.30. The lowest BCUT2D eigenvalue weighted by atomic mass is 10.1. The monoisotopic (exact) mass is 634 g/mol. The Balaban J connectivity index is 1.42. The van der Waals surface area contributed by atoms with Gasteiger partial charge in [0.2, 0.25) is 5.95 Å². The maximum atomic E-state index is 15.9. The highest BCUT2D eigenvalue weighted by Gasteiger charge is 2.33. The van der Waals surface area contributed by atoms with E-state index in [-0.39, 0.29) is 0 Å². The fourth-order valence-electron chi connectivity index (χ4n) is 7.45. The highest BCUT2D eigenvalue weighted by Crippen LogP contribution is 2.47. The van der Waals surface area contributed by atoms with Crippen molar-refractivity contribution in [3.8, 4) is 5.95 Å². The normalized spacial score (nSPS) is 12.2. The zero-order valence-electron chi connectivity index (χ0n) is 25.7. The summed E-state index contributed by atoms with van der Waals surface area (Å²) < 4.78 is 20.4. The van der Waals surface area contributed by atoms with Gasteiger partial charge in [-0.1, -0.05) is 127 Å². The van der Waals surface area contributed by atoms with Crippen LogP contribution < -0.4 is 15.9 Å². The molecule has 0 atom stereocenters. The SMILES string of the molecule is O=P(c1ccccc1)(c1ccccc1)c1cc2c3ccccc3n(-c3nc4ccccc4c4nc5ccccc5n34)c2c2ccccc12. The Morgan fingerprint density at radius 2 is 1.00 bits per heavy atom. The summed E-state index contributed by atoms with van der Waals surface area (Å²) in [4.78, 5) is 10.5. The third-order valence-corrected chi connectivity index (χ3v) is 12.7. The number of aromatic nitrogens is 4. The van der Waals surface area contributed by atoms with E-state index >= 15 is 4.57 Å². The Morgan fingerprint density at radius 3 is 1.71 bits per heavy atom. The quantitative estimate of drug-likeness (QED) is 0.182. The van der Waals surface area contributed by atoms with Gasteiger partial charge in [0.05, 0.1) is 27.6 Å². The van der Waals surface area contributed by atoms with Crippen LogP contribution in [0.2, 0.25) is 0 Å². The van der Waals surface area contributed by atoms with Crippen molar-refractivity contribution >= 4 is 83.2 Å². The van der Waals surface area contributed by atoms with E-state index in [9.17, 15) is 0 Å². The van der Waals surface area contributed by atoms with Gasteiger partial charge in [0, 0.05) is 37.5 Å². The van der Waals surface area contributed by atoms with Crippen LogP contribution >= 0.6 is 7.14 Å². The topological polar surface area (TPSA) is 52.2 Å². The maximum Gasteiger partial charge on any atom is 0.221 e. The molecule has 226 valence electrons. The largest absolute Gasteiger partial charge is 0.309 e. The summed E-state index contributed by atoms with van der Waals surface area (Å²) in [6.07, 6.45) is 0. The molecule has 0 bridgehead atoms. The minimum absolute atomic E-state index is 0.760. The van der Waals surface area contributed by atoms with E-state index < -0.39 is 7.14 Å². The Kier molecular flexibility index (Phi) is 5.78. The maximum absolute atomic E-state index is 15.9.